The van der Waals surface area contributed by atoms with Gasteiger partial charge in [-0.2, -0.15) is 0 Å². The summed E-state index contributed by atoms with van der Waals surface area (Å²) in [5.74, 6) is -0.443. The summed E-state index contributed by atoms with van der Waals surface area (Å²) in [6, 6.07) is 33.3. The zero-order chi connectivity index (χ0) is 63.1. The van der Waals surface area contributed by atoms with E-state index in [1.807, 2.05) is 133 Å². The van der Waals surface area contributed by atoms with Crippen LogP contribution in [0.1, 0.15) is 148 Å². The maximum Gasteiger partial charge on any atom is 0.309 e. The van der Waals surface area contributed by atoms with Gasteiger partial charge in [-0.05, 0) is 144 Å². The van der Waals surface area contributed by atoms with E-state index in [1.165, 1.54) is 0 Å². The largest absolute Gasteiger partial charge is 0.494 e. The third-order valence-corrected chi connectivity index (χ3v) is 17.6. The van der Waals surface area contributed by atoms with Crippen LogP contribution < -0.4 is 43.8 Å². The third-order valence-electron chi connectivity index (χ3n) is 17.4. The average Bonchev–Trinajstić information content (AvgIpc) is 1.65. The number of likely N-dealkylation sites (tertiary alicyclic amines) is 2. The molecular formula is C71H85ClN4O13. The fraction of sp³-hybridized carbons (Fsp3) is 0.437. The molecule has 4 N–H and O–H groups in total. The molecule has 2 saturated heterocycles. The number of carbonyl (C=O) groups is 4. The third kappa shape index (κ3) is 15.5. The molecule has 4 heterocycles. The van der Waals surface area contributed by atoms with Crippen molar-refractivity contribution in [2.45, 2.75) is 130 Å². The molecule has 4 aliphatic rings. The van der Waals surface area contributed by atoms with Crippen molar-refractivity contribution in [3.05, 3.63) is 159 Å². The van der Waals surface area contributed by atoms with Gasteiger partial charge in [-0.15, -0.1) is 0 Å². The SMILES string of the molecule is CCCCCOc1ccc([C@H]2C(C(=O)O)[C@@H](c3cc(OC)c4c(c3)OCO4)CN2CC(=O)Nc2c(CC)cccc2CC)cc1.CCCCCOc1ccc([C@H]2C(C(=O)O)[C@@H](c3ccc4c(c3)OCO4)CN2CC(=O)Nc2c(CC)cc(Cl)cc2CC)cc1. The first-order chi connectivity index (χ1) is 43.2. The Kier molecular flexibility index (Phi) is 22.8. The fourth-order valence-electron chi connectivity index (χ4n) is 12.9. The highest BCUT2D eigenvalue weighted by Gasteiger charge is 2.50. The first-order valence-corrected chi connectivity index (χ1v) is 31.9. The summed E-state index contributed by atoms with van der Waals surface area (Å²) >= 11 is 6.35. The Balaban J connectivity index is 0.000000211. The van der Waals surface area contributed by atoms with Gasteiger partial charge in [0.15, 0.2) is 23.0 Å². The predicted octanol–water partition coefficient (Wildman–Crippen LogP) is 13.8. The normalized spacial score (nSPS) is 19.1. The van der Waals surface area contributed by atoms with E-state index in [-0.39, 0.29) is 44.4 Å². The summed E-state index contributed by atoms with van der Waals surface area (Å²) in [5.41, 5.74) is 8.95. The molecule has 6 aromatic carbocycles. The Morgan fingerprint density at radius 2 is 0.978 bits per heavy atom. The molecule has 18 heteroatoms. The fourth-order valence-corrected chi connectivity index (χ4v) is 13.2. The minimum Gasteiger partial charge on any atom is -0.494 e. The first kappa shape index (κ1) is 65.5. The van der Waals surface area contributed by atoms with Crippen LogP contribution in [-0.4, -0.2) is 104 Å². The number of benzene rings is 6. The van der Waals surface area contributed by atoms with Gasteiger partial charge in [0.2, 0.25) is 31.1 Å². The Hall–Kier alpha value is -7.99. The number of hydrogen-bond acceptors (Lipinski definition) is 13. The number of aryl methyl sites for hydroxylation is 4. The maximum absolute atomic E-state index is 13.7. The summed E-state index contributed by atoms with van der Waals surface area (Å²) in [7, 11) is 1.55. The van der Waals surface area contributed by atoms with Crippen LogP contribution >= 0.6 is 11.6 Å². The second-order valence-electron chi connectivity index (χ2n) is 23.1. The van der Waals surface area contributed by atoms with Crippen LogP contribution in [0, 0.1) is 11.8 Å². The van der Waals surface area contributed by atoms with Crippen LogP contribution in [0.5, 0.6) is 40.2 Å². The quantitative estimate of drug-likeness (QED) is 0.0354. The molecule has 6 aromatic rings. The molecule has 0 aromatic heterocycles. The number of amides is 2. The number of rotatable bonds is 27. The molecule has 2 unspecified atom stereocenters. The van der Waals surface area contributed by atoms with Crippen molar-refractivity contribution in [3.63, 3.8) is 0 Å². The van der Waals surface area contributed by atoms with E-state index in [0.29, 0.717) is 60.1 Å². The van der Waals surface area contributed by atoms with Crippen LogP contribution in [0.15, 0.2) is 109 Å². The number of fused-ring (bicyclic) bond motifs is 2. The lowest BCUT2D eigenvalue weighted by Gasteiger charge is -2.27. The van der Waals surface area contributed by atoms with Gasteiger partial charge >= 0.3 is 11.9 Å². The number of unbranched alkanes of at least 4 members (excludes halogenated alkanes) is 4. The number of ether oxygens (including phenoxy) is 7. The highest BCUT2D eigenvalue weighted by atomic mass is 35.5. The Bertz CT molecular complexity index is 3370. The highest BCUT2D eigenvalue weighted by molar-refractivity contribution is 6.30. The van der Waals surface area contributed by atoms with E-state index < -0.39 is 41.8 Å². The van der Waals surface area contributed by atoms with Gasteiger partial charge in [0, 0.05) is 53.4 Å². The van der Waals surface area contributed by atoms with Gasteiger partial charge in [-0.1, -0.05) is 127 Å². The van der Waals surface area contributed by atoms with Crippen molar-refractivity contribution in [2.24, 2.45) is 11.8 Å². The lowest BCUT2D eigenvalue weighted by molar-refractivity contribution is -0.144. The van der Waals surface area contributed by atoms with E-state index >= 15 is 0 Å². The Morgan fingerprint density at radius 3 is 1.46 bits per heavy atom. The lowest BCUT2D eigenvalue weighted by Crippen LogP contribution is -2.35. The molecule has 10 rings (SSSR count). The molecule has 6 atom stereocenters. The molecule has 0 spiro atoms. The highest BCUT2D eigenvalue weighted by Crippen LogP contribution is 2.51. The van der Waals surface area contributed by atoms with Crippen LogP contribution in [-0.2, 0) is 44.9 Å². The first-order valence-electron chi connectivity index (χ1n) is 31.5. The monoisotopic (exact) mass is 1240 g/mol. The maximum atomic E-state index is 13.7. The standard InChI is InChI=1S/C36H44N2O7.C35H41ClN2O6/c1-5-8-9-17-43-27-15-13-25(14-16-27)34-32(36(40)41)28(26-18-29(42-4)35-30(19-26)44-22-45-35)20-38(34)21-31(39)37-33-23(6-2)11-10-12-24(33)7-3;1-4-7-8-15-42-27-12-9-24(10-13-27)34-32(35(40)41)28(25-11-14-29-30(18-25)44-21-43-29)19-38(34)20-31(39)37-33-22(5-2)16-26(36)17-23(33)6-3/h10-16,18-19,28,32,34H,5-9,17,20-22H2,1-4H3,(H,37,39)(H,40,41);9-14,16-18,28,32,34H,4-8,15,19-21H2,1-3H3,(H,37,39)(H,40,41)/t2*28-,32?,34+/m11/s1. The number of halogens is 1. The number of para-hydroxylation sites is 1. The Morgan fingerprint density at radius 1 is 0.528 bits per heavy atom. The van der Waals surface area contributed by atoms with Gasteiger partial charge in [0.25, 0.3) is 0 Å². The van der Waals surface area contributed by atoms with E-state index in [1.54, 1.807) is 7.11 Å². The molecule has 2 amide bonds. The molecular weight excluding hydrogens is 1150 g/mol. The topological polar surface area (TPSA) is 204 Å². The van der Waals surface area contributed by atoms with E-state index in [0.717, 1.165) is 132 Å². The number of carboxylic acids is 2. The van der Waals surface area contributed by atoms with Crippen molar-refractivity contribution in [2.75, 3.05) is 70.7 Å². The number of carbonyl (C=O) groups excluding carboxylic acids is 2. The molecule has 89 heavy (non-hydrogen) atoms. The van der Waals surface area contributed by atoms with Crippen LogP contribution in [0.25, 0.3) is 0 Å². The van der Waals surface area contributed by atoms with Gasteiger partial charge < -0.3 is 54.0 Å². The molecule has 0 saturated carbocycles. The average molecular weight is 1240 g/mol. The molecule has 0 aliphatic carbocycles. The van der Waals surface area contributed by atoms with E-state index in [4.69, 9.17) is 44.8 Å². The summed E-state index contributed by atoms with van der Waals surface area (Å²) < 4.78 is 39.8. The zero-order valence-electron chi connectivity index (χ0n) is 52.2. The van der Waals surface area contributed by atoms with E-state index in [9.17, 15) is 29.4 Å². The molecule has 4 aliphatic heterocycles. The van der Waals surface area contributed by atoms with Gasteiger partial charge in [0.05, 0.1) is 45.2 Å². The van der Waals surface area contributed by atoms with Crippen LogP contribution in [0.4, 0.5) is 11.4 Å². The summed E-state index contributed by atoms with van der Waals surface area (Å²) in [4.78, 5) is 57.4. The number of nitrogens with one attached hydrogen (secondary N) is 2. The second kappa shape index (κ2) is 31.0. The van der Waals surface area contributed by atoms with Crippen LogP contribution in [0.3, 0.4) is 0 Å². The number of hydrogen-bond donors (Lipinski definition) is 4. The predicted molar refractivity (Wildman–Crippen MR) is 344 cm³/mol. The number of anilines is 2. The number of methoxy groups -OCH3 is 1. The number of carboxylic acid groups (broad SMARTS) is 2. The van der Waals surface area contributed by atoms with Crippen molar-refractivity contribution in [1.82, 2.24) is 9.80 Å². The molecule has 2 fully saturated rings. The summed E-state index contributed by atoms with van der Waals surface area (Å²) in [6.07, 6.45) is 9.42. The van der Waals surface area contributed by atoms with Gasteiger partial charge in [-0.3, -0.25) is 29.0 Å². The number of aliphatic carboxylic acids is 2. The van der Waals surface area contributed by atoms with Gasteiger partial charge in [-0.25, -0.2) is 0 Å². The molecule has 0 radical (unpaired) electrons. The molecule has 17 nitrogen and oxygen atoms in total. The van der Waals surface area contributed by atoms with Crippen molar-refractivity contribution in [3.8, 4) is 40.2 Å². The summed E-state index contributed by atoms with van der Waals surface area (Å²) in [6.45, 7) is 14.8. The minimum atomic E-state index is -0.936. The van der Waals surface area contributed by atoms with Gasteiger partial charge in [0.1, 0.15) is 11.5 Å². The number of nitrogens with zero attached hydrogens (tertiary/aromatic N) is 2. The molecule has 474 valence electrons. The minimum absolute atomic E-state index is 0.0275. The zero-order valence-corrected chi connectivity index (χ0v) is 53.0. The lowest BCUT2D eigenvalue weighted by atomic mass is 9.82. The molecule has 0 bridgehead atoms. The van der Waals surface area contributed by atoms with Crippen molar-refractivity contribution >= 4 is 46.7 Å². The van der Waals surface area contributed by atoms with Crippen molar-refractivity contribution < 1.29 is 62.5 Å². The van der Waals surface area contributed by atoms with Crippen molar-refractivity contribution in [1.29, 1.82) is 0 Å². The van der Waals surface area contributed by atoms with E-state index in [2.05, 4.69) is 38.3 Å². The summed E-state index contributed by atoms with van der Waals surface area (Å²) in [5, 5.41) is 28.3. The second-order valence-corrected chi connectivity index (χ2v) is 23.5. The van der Waals surface area contributed by atoms with Crippen LogP contribution in [0.2, 0.25) is 5.02 Å². The smallest absolute Gasteiger partial charge is 0.309 e. The Labute approximate surface area is 527 Å².